The van der Waals surface area contributed by atoms with Crippen LogP contribution in [0, 0.1) is 0 Å². The molecular weight excluding hydrogens is 394 g/mol. The average Bonchev–Trinajstić information content (AvgIpc) is 3.10. The molecule has 2 aromatic carbocycles. The van der Waals surface area contributed by atoms with E-state index in [-0.39, 0.29) is 24.3 Å². The number of ether oxygens (including phenoxy) is 1. The number of sulfone groups is 1. The molecule has 0 saturated carbocycles. The zero-order chi connectivity index (χ0) is 21.1. The number of hydrogen-bond donors (Lipinski definition) is 3. The lowest BCUT2D eigenvalue weighted by molar-refractivity contribution is -0.141. The van der Waals surface area contributed by atoms with Gasteiger partial charge >= 0.3 is 0 Å². The van der Waals surface area contributed by atoms with Gasteiger partial charge in [0.05, 0.1) is 17.3 Å². The molecule has 9 heteroatoms. The van der Waals surface area contributed by atoms with Crippen LogP contribution in [0.25, 0.3) is 0 Å². The maximum Gasteiger partial charge on any atom is 0.266 e. The van der Waals surface area contributed by atoms with Crippen molar-refractivity contribution < 1.29 is 23.2 Å². The van der Waals surface area contributed by atoms with Crippen molar-refractivity contribution in [2.75, 3.05) is 13.7 Å². The third-order valence-electron chi connectivity index (χ3n) is 5.57. The second-order valence-corrected chi connectivity index (χ2v) is 9.17. The van der Waals surface area contributed by atoms with E-state index < -0.39 is 26.5 Å². The topological polar surface area (TPSA) is 122 Å². The summed E-state index contributed by atoms with van der Waals surface area (Å²) in [7, 11) is -2.42. The Morgan fingerprint density at radius 1 is 1.24 bits per heavy atom. The summed E-state index contributed by atoms with van der Waals surface area (Å²) >= 11 is 0. The molecule has 0 spiro atoms. The number of carbonyl (C=O) groups excluding carboxylic acids is 1. The van der Waals surface area contributed by atoms with Gasteiger partial charge in [0.2, 0.25) is 0 Å². The summed E-state index contributed by atoms with van der Waals surface area (Å²) in [6, 6.07) is 15.4. The second-order valence-electron chi connectivity index (χ2n) is 7.04. The van der Waals surface area contributed by atoms with Crippen molar-refractivity contribution >= 4 is 15.7 Å². The lowest BCUT2D eigenvalue weighted by Gasteiger charge is -2.37. The molecule has 3 rings (SSSR count). The summed E-state index contributed by atoms with van der Waals surface area (Å²) in [6.07, 6.45) is 0.740. The predicted octanol–water partition coefficient (Wildman–Crippen LogP) is 1.29. The summed E-state index contributed by atoms with van der Waals surface area (Å²) in [5, 5.41) is 9.54. The molecule has 1 aliphatic heterocycles. The lowest BCUT2D eigenvalue weighted by Crippen LogP contribution is -2.64. The van der Waals surface area contributed by atoms with Crippen LogP contribution in [-0.2, 0) is 21.1 Å². The minimum Gasteiger partial charge on any atom is -0.497 e. The largest absolute Gasteiger partial charge is 0.497 e. The Morgan fingerprint density at radius 2 is 1.90 bits per heavy atom. The number of benzene rings is 2. The maximum absolute atomic E-state index is 13.4. The number of hydrogen-bond acceptors (Lipinski definition) is 7. The number of amides is 1. The molecule has 2 unspecified atom stereocenters. The lowest BCUT2D eigenvalue weighted by atomic mass is 9.88. The minimum atomic E-state index is -3.91. The first-order chi connectivity index (χ1) is 13.9. The summed E-state index contributed by atoms with van der Waals surface area (Å²) in [6.45, 7) is 0.211. The Bertz CT molecular complexity index is 950. The van der Waals surface area contributed by atoms with E-state index in [4.69, 9.17) is 10.6 Å². The zero-order valence-corrected chi connectivity index (χ0v) is 16.9. The molecule has 2 aromatic rings. The molecule has 29 heavy (non-hydrogen) atoms. The van der Waals surface area contributed by atoms with E-state index in [1.54, 1.807) is 17.6 Å². The van der Waals surface area contributed by atoms with E-state index in [1.165, 1.54) is 24.3 Å². The monoisotopic (exact) mass is 419 g/mol. The van der Waals surface area contributed by atoms with Gasteiger partial charge in [0.15, 0.2) is 9.84 Å². The van der Waals surface area contributed by atoms with Gasteiger partial charge < -0.3 is 4.74 Å². The molecule has 8 nitrogen and oxygen atoms in total. The van der Waals surface area contributed by atoms with Gasteiger partial charge in [-0.1, -0.05) is 30.3 Å². The van der Waals surface area contributed by atoms with Gasteiger partial charge in [-0.25, -0.2) is 18.9 Å². The highest BCUT2D eigenvalue weighted by molar-refractivity contribution is 7.92. The first kappa shape index (κ1) is 21.3. The van der Waals surface area contributed by atoms with Crippen molar-refractivity contribution in [3.05, 3.63) is 60.2 Å². The van der Waals surface area contributed by atoms with Crippen LogP contribution in [0.5, 0.6) is 5.75 Å². The number of rotatable bonds is 7. The number of methoxy groups -OCH3 is 1. The Morgan fingerprint density at radius 3 is 2.48 bits per heavy atom. The number of aryl methyl sites for hydroxylation is 1. The average molecular weight is 420 g/mol. The van der Waals surface area contributed by atoms with E-state index in [2.05, 4.69) is 0 Å². The predicted molar refractivity (Wildman–Crippen MR) is 107 cm³/mol. The fraction of sp³-hybridized carbons (Fsp3) is 0.350. The van der Waals surface area contributed by atoms with Crippen LogP contribution >= 0.6 is 0 Å². The molecule has 0 aliphatic carbocycles. The number of nitrogens with one attached hydrogen (secondary N) is 1. The number of carbonyl (C=O) groups is 1. The first-order valence-electron chi connectivity index (χ1n) is 9.25. The Labute approximate surface area is 170 Å². The molecular formula is C20H25N3O5S. The second kappa shape index (κ2) is 8.50. The Hall–Kier alpha value is -2.46. The summed E-state index contributed by atoms with van der Waals surface area (Å²) in [5.41, 5.74) is 0.990. The normalized spacial score (nSPS) is 22.4. The van der Waals surface area contributed by atoms with Crippen LogP contribution < -0.4 is 16.1 Å². The molecule has 1 fully saturated rings. The molecule has 0 radical (unpaired) electrons. The minimum absolute atomic E-state index is 0.0772. The molecule has 156 valence electrons. The Kier molecular flexibility index (Phi) is 6.23. The first-order valence-corrected chi connectivity index (χ1v) is 10.8. The van der Waals surface area contributed by atoms with Gasteiger partial charge in [-0.2, -0.15) is 0 Å². The molecule has 1 saturated heterocycles. The third-order valence-corrected chi connectivity index (χ3v) is 7.88. The summed E-state index contributed by atoms with van der Waals surface area (Å²) < 4.78 is 32.0. The third kappa shape index (κ3) is 3.86. The van der Waals surface area contributed by atoms with Crippen LogP contribution in [-0.4, -0.2) is 49.0 Å². The quantitative estimate of drug-likeness (QED) is 0.351. The fourth-order valence-corrected chi connectivity index (χ4v) is 6.13. The van der Waals surface area contributed by atoms with E-state index in [1.807, 2.05) is 30.3 Å². The van der Waals surface area contributed by atoms with E-state index in [9.17, 15) is 18.4 Å². The fourth-order valence-electron chi connectivity index (χ4n) is 3.99. The van der Waals surface area contributed by atoms with Crippen molar-refractivity contribution in [3.8, 4) is 5.75 Å². The highest BCUT2D eigenvalue weighted by Gasteiger charge is 2.58. The van der Waals surface area contributed by atoms with Gasteiger partial charge in [0.1, 0.15) is 11.3 Å². The number of hydrazine groups is 1. The van der Waals surface area contributed by atoms with Crippen molar-refractivity contribution in [3.63, 3.8) is 0 Å². The van der Waals surface area contributed by atoms with Gasteiger partial charge in [-0.15, -0.1) is 0 Å². The van der Waals surface area contributed by atoms with Crippen molar-refractivity contribution in [1.29, 1.82) is 0 Å². The number of hydroxylamine groups is 1. The SMILES string of the molecule is COc1ccc(S(=O)(=O)C2CCN(N)C2(CCc2ccccc2)C(=O)NO)cc1. The summed E-state index contributed by atoms with van der Waals surface area (Å²) in [5.74, 6) is 5.85. The molecule has 2 atom stereocenters. The zero-order valence-electron chi connectivity index (χ0n) is 16.1. The Balaban J connectivity index is 2.00. The van der Waals surface area contributed by atoms with Crippen LogP contribution in [0.1, 0.15) is 18.4 Å². The van der Waals surface area contributed by atoms with Crippen molar-refractivity contribution in [2.45, 2.75) is 34.9 Å². The molecule has 1 heterocycles. The number of nitrogens with zero attached hydrogens (tertiary/aromatic N) is 1. The van der Waals surface area contributed by atoms with Crippen molar-refractivity contribution in [2.24, 2.45) is 5.84 Å². The molecule has 1 amide bonds. The molecule has 4 N–H and O–H groups in total. The van der Waals surface area contributed by atoms with Gasteiger partial charge in [-0.3, -0.25) is 15.8 Å². The molecule has 0 bridgehead atoms. The molecule has 1 aliphatic rings. The highest BCUT2D eigenvalue weighted by atomic mass is 32.2. The number of nitrogens with two attached hydrogens (primary N) is 1. The van der Waals surface area contributed by atoms with Gasteiger partial charge in [0, 0.05) is 6.54 Å². The van der Waals surface area contributed by atoms with Gasteiger partial charge in [0.25, 0.3) is 5.91 Å². The van der Waals surface area contributed by atoms with E-state index in [0.717, 1.165) is 5.56 Å². The highest BCUT2D eigenvalue weighted by Crippen LogP contribution is 2.39. The van der Waals surface area contributed by atoms with Gasteiger partial charge in [-0.05, 0) is 49.1 Å². The van der Waals surface area contributed by atoms with E-state index >= 15 is 0 Å². The van der Waals surface area contributed by atoms with Crippen molar-refractivity contribution in [1.82, 2.24) is 10.5 Å². The summed E-state index contributed by atoms with van der Waals surface area (Å²) in [4.78, 5) is 12.9. The van der Waals surface area contributed by atoms with Crippen LogP contribution in [0.3, 0.4) is 0 Å². The van der Waals surface area contributed by atoms with E-state index in [0.29, 0.717) is 12.2 Å². The smallest absolute Gasteiger partial charge is 0.266 e. The molecule has 0 aromatic heterocycles. The maximum atomic E-state index is 13.4. The van der Waals surface area contributed by atoms with Crippen LogP contribution in [0.2, 0.25) is 0 Å². The van der Waals surface area contributed by atoms with Crippen LogP contribution in [0.4, 0.5) is 0 Å². The van der Waals surface area contributed by atoms with Crippen LogP contribution in [0.15, 0.2) is 59.5 Å². The standard InChI is InChI=1S/C20H25N3O5S/c1-28-16-7-9-17(10-8-16)29(26,27)18-12-14-23(21)20(18,19(24)22-25)13-11-15-5-3-2-4-6-15/h2-10,18,25H,11-14,21H2,1H3,(H,22,24).